The van der Waals surface area contributed by atoms with Gasteiger partial charge in [-0.1, -0.05) is 19.9 Å². The first kappa shape index (κ1) is 28.3. The molecule has 2 heterocycles. The Kier molecular flexibility index (Phi) is 9.17. The van der Waals surface area contributed by atoms with Gasteiger partial charge in [0.15, 0.2) is 5.78 Å². The number of aromatic hydroxyl groups is 1. The van der Waals surface area contributed by atoms with E-state index in [-0.39, 0.29) is 23.4 Å². The van der Waals surface area contributed by atoms with Crippen LogP contribution in [0.2, 0.25) is 0 Å². The van der Waals surface area contributed by atoms with E-state index in [1.54, 1.807) is 19.1 Å². The van der Waals surface area contributed by atoms with Crippen LogP contribution in [-0.2, 0) is 7.05 Å². The van der Waals surface area contributed by atoms with Crippen LogP contribution in [0, 0.1) is 0 Å². The lowest BCUT2D eigenvalue weighted by atomic mass is 9.99. The lowest BCUT2D eigenvalue weighted by Gasteiger charge is -2.12. The van der Waals surface area contributed by atoms with E-state index < -0.39 is 28.8 Å². The molecule has 1 amide bonds. The lowest BCUT2D eigenvalue weighted by Crippen LogP contribution is -2.16. The Morgan fingerprint density at radius 3 is 2.61 bits per heavy atom. The molecule has 0 saturated heterocycles. The van der Waals surface area contributed by atoms with Crippen molar-refractivity contribution in [2.24, 2.45) is 7.05 Å². The average Bonchev–Trinajstić information content (AvgIpc) is 3.16. The molecule has 0 spiro atoms. The molecule has 3 N–H and O–H groups in total. The molecule has 3 rings (SSSR count). The number of aromatic nitrogens is 1. The Hall–Kier alpha value is -4.27. The molecule has 9 nitrogen and oxygen atoms in total. The monoisotopic (exact) mass is 522 g/mol. The van der Waals surface area contributed by atoms with Crippen molar-refractivity contribution in [3.05, 3.63) is 75.6 Å². The largest absolute Gasteiger partial charge is 0.507 e. The summed E-state index contributed by atoms with van der Waals surface area (Å²) in [6.45, 7) is 7.47. The first-order chi connectivity index (χ1) is 18.0. The average molecular weight is 523 g/mol. The summed E-state index contributed by atoms with van der Waals surface area (Å²) in [5.41, 5.74) is 0.666. The SMILES string of the molecule is CCC(C)Oc1ccc2c(c1)cc(/C=C(\C)C(=O)c1c(O)cc(C(C)CC/C=C/NC(=O)O)oc1=O)n2C. The zero-order chi connectivity index (χ0) is 28.0. The number of allylic oxidation sites excluding steroid dienone is 2. The number of carbonyl (C=O) groups excluding carboxylic acids is 1. The van der Waals surface area contributed by atoms with Crippen molar-refractivity contribution >= 4 is 28.9 Å². The summed E-state index contributed by atoms with van der Waals surface area (Å²) in [6, 6.07) is 9.05. The highest BCUT2D eigenvalue weighted by Gasteiger charge is 2.22. The fourth-order valence-corrected chi connectivity index (χ4v) is 4.01. The van der Waals surface area contributed by atoms with Crippen LogP contribution in [0.25, 0.3) is 17.0 Å². The molecule has 202 valence electrons. The van der Waals surface area contributed by atoms with Crippen LogP contribution in [0.4, 0.5) is 4.79 Å². The number of nitrogens with zero attached hydrogens (tertiary/aromatic N) is 1. The zero-order valence-corrected chi connectivity index (χ0v) is 22.3. The van der Waals surface area contributed by atoms with Crippen LogP contribution < -0.4 is 15.7 Å². The molecule has 0 fully saturated rings. The second-order valence-corrected chi connectivity index (χ2v) is 9.37. The molecule has 2 atom stereocenters. The summed E-state index contributed by atoms with van der Waals surface area (Å²) >= 11 is 0. The minimum Gasteiger partial charge on any atom is -0.507 e. The third kappa shape index (κ3) is 6.73. The van der Waals surface area contributed by atoms with Gasteiger partial charge in [-0.05, 0) is 69.0 Å². The molecule has 38 heavy (non-hydrogen) atoms. The van der Waals surface area contributed by atoms with Crippen LogP contribution in [0.1, 0.15) is 74.7 Å². The molecule has 2 unspecified atom stereocenters. The first-order valence-electron chi connectivity index (χ1n) is 12.5. The number of carbonyl (C=O) groups is 2. The summed E-state index contributed by atoms with van der Waals surface area (Å²) in [6.07, 6.45) is 5.52. The second kappa shape index (κ2) is 12.3. The van der Waals surface area contributed by atoms with E-state index in [9.17, 15) is 19.5 Å². The molecule has 0 aliphatic rings. The van der Waals surface area contributed by atoms with E-state index in [2.05, 4.69) is 12.2 Å². The van der Waals surface area contributed by atoms with Crippen molar-refractivity contribution in [2.75, 3.05) is 0 Å². The number of ether oxygens (including phenoxy) is 1. The number of hydrogen-bond acceptors (Lipinski definition) is 6. The molecule has 0 aliphatic heterocycles. The summed E-state index contributed by atoms with van der Waals surface area (Å²) in [5.74, 6) is -0.286. The van der Waals surface area contributed by atoms with Gasteiger partial charge in [0.1, 0.15) is 22.8 Å². The standard InChI is InChI=1S/C29H34N2O7/c1-6-19(4)37-22-10-11-23-20(15-22)14-21(31(23)5)13-18(3)27(33)26-24(32)16-25(38-28(26)34)17(2)9-7-8-12-30-29(35)36/h8,10-17,19,30,32H,6-7,9H2,1-5H3,(H,35,36)/b12-8+,18-13+. The number of ketones is 1. The highest BCUT2D eigenvalue weighted by atomic mass is 16.5. The first-order valence-corrected chi connectivity index (χ1v) is 12.5. The zero-order valence-electron chi connectivity index (χ0n) is 22.3. The minimum atomic E-state index is -1.16. The quantitative estimate of drug-likeness (QED) is 0.209. The van der Waals surface area contributed by atoms with E-state index in [1.807, 2.05) is 49.7 Å². The van der Waals surface area contributed by atoms with Gasteiger partial charge in [-0.15, -0.1) is 0 Å². The molecule has 2 aromatic heterocycles. The predicted octanol–water partition coefficient (Wildman–Crippen LogP) is 5.97. The van der Waals surface area contributed by atoms with Crippen LogP contribution in [0.5, 0.6) is 11.5 Å². The maximum absolute atomic E-state index is 13.1. The minimum absolute atomic E-state index is 0.0992. The van der Waals surface area contributed by atoms with Crippen LogP contribution in [0.15, 0.2) is 57.4 Å². The third-order valence-corrected chi connectivity index (χ3v) is 6.44. The van der Waals surface area contributed by atoms with Gasteiger partial charge in [-0.3, -0.25) is 10.1 Å². The molecular weight excluding hydrogens is 488 g/mol. The van der Waals surface area contributed by atoms with E-state index in [1.165, 1.54) is 12.3 Å². The van der Waals surface area contributed by atoms with Gasteiger partial charge in [0.2, 0.25) is 0 Å². The van der Waals surface area contributed by atoms with Crippen molar-refractivity contribution in [3.63, 3.8) is 0 Å². The maximum atomic E-state index is 13.1. The normalized spacial score (nSPS) is 13.6. The predicted molar refractivity (Wildman–Crippen MR) is 146 cm³/mol. The smallest absolute Gasteiger partial charge is 0.408 e. The molecule has 0 aliphatic carbocycles. The van der Waals surface area contributed by atoms with Crippen LogP contribution in [0.3, 0.4) is 0 Å². The molecule has 0 radical (unpaired) electrons. The van der Waals surface area contributed by atoms with E-state index in [0.717, 1.165) is 28.8 Å². The summed E-state index contributed by atoms with van der Waals surface area (Å²) < 4.78 is 13.2. The number of nitrogens with one attached hydrogen (secondary N) is 1. The Balaban J connectivity index is 1.80. The maximum Gasteiger partial charge on any atom is 0.408 e. The summed E-state index contributed by atoms with van der Waals surface area (Å²) in [5, 5.41) is 22.2. The number of amides is 1. The lowest BCUT2D eigenvalue weighted by molar-refractivity contribution is 0.102. The van der Waals surface area contributed by atoms with E-state index in [0.29, 0.717) is 12.8 Å². The van der Waals surface area contributed by atoms with Crippen molar-refractivity contribution in [2.45, 2.75) is 59.0 Å². The number of Topliss-reactive ketones (excluding diaryl/α,β-unsaturated/α-hetero) is 1. The topological polar surface area (TPSA) is 131 Å². The number of rotatable bonds is 11. The van der Waals surface area contributed by atoms with Crippen molar-refractivity contribution in [3.8, 4) is 11.5 Å². The third-order valence-electron chi connectivity index (χ3n) is 6.44. The van der Waals surface area contributed by atoms with Crippen molar-refractivity contribution in [1.29, 1.82) is 0 Å². The van der Waals surface area contributed by atoms with Gasteiger partial charge in [-0.2, -0.15) is 0 Å². The van der Waals surface area contributed by atoms with Gasteiger partial charge in [-0.25, -0.2) is 9.59 Å². The Morgan fingerprint density at radius 2 is 1.95 bits per heavy atom. The molecule has 0 saturated carbocycles. The van der Waals surface area contributed by atoms with Gasteiger partial charge in [0, 0.05) is 41.8 Å². The van der Waals surface area contributed by atoms with Crippen LogP contribution in [-0.4, -0.2) is 32.8 Å². The fourth-order valence-electron chi connectivity index (χ4n) is 4.01. The molecule has 9 heteroatoms. The number of aryl methyl sites for hydroxylation is 1. The molecule has 1 aromatic carbocycles. The summed E-state index contributed by atoms with van der Waals surface area (Å²) in [7, 11) is 1.88. The van der Waals surface area contributed by atoms with E-state index in [4.69, 9.17) is 14.3 Å². The number of benzene rings is 1. The van der Waals surface area contributed by atoms with E-state index >= 15 is 0 Å². The Morgan fingerprint density at radius 1 is 1.21 bits per heavy atom. The van der Waals surface area contributed by atoms with Gasteiger partial charge < -0.3 is 23.9 Å². The van der Waals surface area contributed by atoms with Gasteiger partial charge in [0.05, 0.1) is 6.10 Å². The molecule has 3 aromatic rings. The van der Waals surface area contributed by atoms with Gasteiger partial charge >= 0.3 is 11.7 Å². The summed E-state index contributed by atoms with van der Waals surface area (Å²) in [4.78, 5) is 36.3. The number of fused-ring (bicyclic) bond motifs is 1. The Labute approximate surface area is 221 Å². The highest BCUT2D eigenvalue weighted by Crippen LogP contribution is 2.28. The van der Waals surface area contributed by atoms with Crippen molar-refractivity contribution < 1.29 is 29.0 Å². The molecular formula is C29H34N2O7. The Bertz CT molecular complexity index is 1450. The highest BCUT2D eigenvalue weighted by molar-refractivity contribution is 6.12. The van der Waals surface area contributed by atoms with Crippen molar-refractivity contribution in [1.82, 2.24) is 9.88 Å². The molecule has 0 bridgehead atoms. The number of carboxylic acid groups (broad SMARTS) is 1. The van der Waals surface area contributed by atoms with Gasteiger partial charge in [0.25, 0.3) is 0 Å². The number of hydrogen-bond donors (Lipinski definition) is 3. The van der Waals surface area contributed by atoms with Crippen LogP contribution >= 0.6 is 0 Å². The fraction of sp³-hybridized carbons (Fsp3) is 0.345. The second-order valence-electron chi connectivity index (χ2n) is 9.37.